The third-order valence-corrected chi connectivity index (χ3v) is 7.52. The maximum absolute atomic E-state index is 14.1. The van der Waals surface area contributed by atoms with E-state index in [1.54, 1.807) is 11.9 Å². The van der Waals surface area contributed by atoms with Crippen molar-refractivity contribution >= 4 is 12.1 Å². The molecule has 1 aromatic carbocycles. The summed E-state index contributed by atoms with van der Waals surface area (Å²) in [5.41, 5.74) is 0.341. The average Bonchev–Trinajstić information content (AvgIpc) is 2.92. The zero-order valence-corrected chi connectivity index (χ0v) is 22.4. The van der Waals surface area contributed by atoms with Crippen LogP contribution < -0.4 is 16.0 Å². The van der Waals surface area contributed by atoms with E-state index in [4.69, 9.17) is 4.74 Å². The number of amides is 3. The maximum Gasteiger partial charge on any atom is 0.406 e. The predicted octanol–water partition coefficient (Wildman–Crippen LogP) is 3.33. The average molecular weight is 541 g/mol. The number of carbonyl (C=O) groups excluding carboxylic acids is 2. The number of piperidine rings is 1. The van der Waals surface area contributed by atoms with E-state index < -0.39 is 36.0 Å². The fourth-order valence-electron chi connectivity index (χ4n) is 5.63. The van der Waals surface area contributed by atoms with E-state index in [2.05, 4.69) is 20.7 Å². The molecule has 2 aliphatic rings. The number of methoxy groups -OCH3 is 1. The molecule has 1 aromatic rings. The Bertz CT molecular complexity index is 882. The third kappa shape index (κ3) is 8.78. The van der Waals surface area contributed by atoms with Crippen molar-refractivity contribution in [2.75, 3.05) is 46.9 Å². The number of hydrogen-bond donors (Lipinski definition) is 4. The number of likely N-dealkylation sites (tertiary alicyclic amines) is 1. The van der Waals surface area contributed by atoms with Crippen molar-refractivity contribution in [1.29, 1.82) is 0 Å². The third-order valence-electron chi connectivity index (χ3n) is 7.52. The van der Waals surface area contributed by atoms with Gasteiger partial charge in [-0.15, -0.1) is 0 Å². The molecular weight excluding hydrogens is 498 g/mol. The molecule has 38 heavy (non-hydrogen) atoms. The van der Waals surface area contributed by atoms with Crippen LogP contribution in [0.4, 0.5) is 18.4 Å². The Hall–Kier alpha value is -2.50. The van der Waals surface area contributed by atoms with Crippen molar-refractivity contribution in [3.63, 3.8) is 0 Å². The lowest BCUT2D eigenvalue weighted by Gasteiger charge is -2.39. The summed E-state index contributed by atoms with van der Waals surface area (Å²) in [6, 6.07) is 2.58. The Kier molecular flexibility index (Phi) is 12.0. The van der Waals surface area contributed by atoms with Gasteiger partial charge in [-0.3, -0.25) is 0 Å². The number of likely N-dealkylation sites (N-methyl/N-ethyl adjacent to an activating group) is 1. The zero-order valence-electron chi connectivity index (χ0n) is 22.4. The van der Waals surface area contributed by atoms with Gasteiger partial charge in [0.05, 0.1) is 32.0 Å². The summed E-state index contributed by atoms with van der Waals surface area (Å²) in [4.78, 5) is 26.3. The Morgan fingerprint density at radius 1 is 1.08 bits per heavy atom. The molecule has 0 spiro atoms. The van der Waals surface area contributed by atoms with Crippen LogP contribution in [0.3, 0.4) is 0 Å². The quantitative estimate of drug-likeness (QED) is 0.321. The van der Waals surface area contributed by atoms with Gasteiger partial charge in [0.25, 0.3) is 0 Å². The van der Waals surface area contributed by atoms with Crippen LogP contribution in [-0.2, 0) is 9.47 Å². The number of benzene rings is 1. The summed E-state index contributed by atoms with van der Waals surface area (Å²) in [5.74, 6) is -1.48. The highest BCUT2D eigenvalue weighted by Gasteiger charge is 2.34. The minimum Gasteiger partial charge on any atom is -0.453 e. The molecule has 214 valence electrons. The number of rotatable bonds is 11. The van der Waals surface area contributed by atoms with Gasteiger partial charge in [0.2, 0.25) is 0 Å². The van der Waals surface area contributed by atoms with Crippen LogP contribution in [0.1, 0.15) is 56.6 Å². The molecular formula is C27H42F2N4O5. The molecule has 0 radical (unpaired) electrons. The molecule has 4 unspecified atom stereocenters. The second kappa shape index (κ2) is 15.2. The summed E-state index contributed by atoms with van der Waals surface area (Å²) in [7, 11) is 3.05. The number of ether oxygens (including phenoxy) is 2. The summed E-state index contributed by atoms with van der Waals surface area (Å²) in [6.45, 7) is 1.55. The maximum atomic E-state index is 14.1. The fourth-order valence-corrected chi connectivity index (χ4v) is 5.63. The van der Waals surface area contributed by atoms with Crippen LogP contribution in [0.25, 0.3) is 0 Å². The number of nitrogens with zero attached hydrogens (tertiary/aromatic N) is 1. The fraction of sp³-hybridized carbons (Fsp3) is 0.704. The summed E-state index contributed by atoms with van der Waals surface area (Å²) in [5, 5.41) is 19.7. The highest BCUT2D eigenvalue weighted by atomic mass is 19.1. The molecule has 2 fully saturated rings. The van der Waals surface area contributed by atoms with Gasteiger partial charge in [0.15, 0.2) is 0 Å². The largest absolute Gasteiger partial charge is 0.453 e. The van der Waals surface area contributed by atoms with Gasteiger partial charge < -0.3 is 35.4 Å². The summed E-state index contributed by atoms with van der Waals surface area (Å²) >= 11 is 0. The summed E-state index contributed by atoms with van der Waals surface area (Å²) < 4.78 is 38.7. The van der Waals surface area contributed by atoms with E-state index in [1.807, 2.05) is 0 Å². The van der Waals surface area contributed by atoms with Crippen LogP contribution >= 0.6 is 0 Å². The number of nitrogens with one attached hydrogen (secondary N) is 3. The summed E-state index contributed by atoms with van der Waals surface area (Å²) in [6.07, 6.45) is 4.73. The van der Waals surface area contributed by atoms with E-state index in [1.165, 1.54) is 25.7 Å². The number of halogens is 2. The molecule has 3 amide bonds. The van der Waals surface area contributed by atoms with Gasteiger partial charge in [0, 0.05) is 38.2 Å². The molecule has 1 saturated heterocycles. The van der Waals surface area contributed by atoms with Crippen molar-refractivity contribution in [2.45, 2.75) is 63.2 Å². The molecule has 3 rings (SSSR count). The zero-order chi connectivity index (χ0) is 27.5. The van der Waals surface area contributed by atoms with E-state index in [-0.39, 0.29) is 31.0 Å². The molecule has 0 aromatic heterocycles. The van der Waals surface area contributed by atoms with Crippen LogP contribution in [0.2, 0.25) is 0 Å². The normalized spacial score (nSPS) is 20.9. The topological polar surface area (TPSA) is 112 Å². The second-order valence-electron chi connectivity index (χ2n) is 10.3. The number of carbonyl (C=O) groups is 2. The number of alkyl carbamates (subject to hydrolysis) is 1. The highest BCUT2D eigenvalue weighted by molar-refractivity contribution is 5.74. The van der Waals surface area contributed by atoms with E-state index >= 15 is 0 Å². The van der Waals surface area contributed by atoms with Crippen molar-refractivity contribution < 1.29 is 33.0 Å². The number of aliphatic hydroxyl groups is 1. The molecule has 1 aliphatic heterocycles. The Morgan fingerprint density at radius 2 is 1.76 bits per heavy atom. The Balaban J connectivity index is 1.68. The van der Waals surface area contributed by atoms with Gasteiger partial charge in [0.1, 0.15) is 11.6 Å². The lowest BCUT2D eigenvalue weighted by molar-refractivity contribution is -0.00970. The van der Waals surface area contributed by atoms with Crippen molar-refractivity contribution in [3.8, 4) is 0 Å². The molecule has 9 nitrogen and oxygen atoms in total. The molecule has 4 atom stereocenters. The van der Waals surface area contributed by atoms with E-state index in [9.17, 15) is 23.5 Å². The van der Waals surface area contributed by atoms with E-state index in [0.717, 1.165) is 31.7 Å². The molecule has 1 saturated carbocycles. The Labute approximate surface area is 223 Å². The van der Waals surface area contributed by atoms with Crippen molar-refractivity contribution in [3.05, 3.63) is 35.4 Å². The van der Waals surface area contributed by atoms with Crippen LogP contribution in [0, 0.1) is 23.5 Å². The Morgan fingerprint density at radius 3 is 2.42 bits per heavy atom. The van der Waals surface area contributed by atoms with Gasteiger partial charge in [-0.1, -0.05) is 19.3 Å². The number of urea groups is 1. The first-order chi connectivity index (χ1) is 18.3. The molecule has 1 aliphatic carbocycles. The lowest BCUT2D eigenvalue weighted by atomic mass is 9.82. The predicted molar refractivity (Wildman–Crippen MR) is 139 cm³/mol. The monoisotopic (exact) mass is 540 g/mol. The van der Waals surface area contributed by atoms with Crippen LogP contribution in [0.15, 0.2) is 18.2 Å². The number of hydrogen-bond acceptors (Lipinski definition) is 6. The molecule has 11 heteroatoms. The first-order valence-electron chi connectivity index (χ1n) is 13.6. The minimum absolute atomic E-state index is 0.0957. The van der Waals surface area contributed by atoms with Crippen molar-refractivity contribution in [2.24, 2.45) is 11.8 Å². The smallest absolute Gasteiger partial charge is 0.406 e. The first-order valence-corrected chi connectivity index (χ1v) is 13.6. The molecule has 4 N–H and O–H groups in total. The SMILES string of the molecule is CNCC(NC(=O)N1CCCC(C(OCCNC(=O)OC)c2cc(F)cc(F)c2)C1)C(O)C1CCCCC1. The van der Waals surface area contributed by atoms with Gasteiger partial charge in [-0.25, -0.2) is 18.4 Å². The first kappa shape index (κ1) is 30.0. The van der Waals surface area contributed by atoms with Gasteiger partial charge in [-0.2, -0.15) is 0 Å². The van der Waals surface area contributed by atoms with Gasteiger partial charge >= 0.3 is 12.1 Å². The van der Waals surface area contributed by atoms with Crippen LogP contribution in [0.5, 0.6) is 0 Å². The minimum atomic E-state index is -0.710. The van der Waals surface area contributed by atoms with Gasteiger partial charge in [-0.05, 0) is 56.3 Å². The second-order valence-corrected chi connectivity index (χ2v) is 10.3. The molecule has 0 bridgehead atoms. The van der Waals surface area contributed by atoms with E-state index in [0.29, 0.717) is 38.0 Å². The van der Waals surface area contributed by atoms with Crippen molar-refractivity contribution in [1.82, 2.24) is 20.9 Å². The van der Waals surface area contributed by atoms with Crippen LogP contribution in [-0.4, -0.2) is 81.2 Å². The number of aliphatic hydroxyl groups excluding tert-OH is 1. The lowest BCUT2D eigenvalue weighted by Crippen LogP contribution is -2.56. The standard InChI is InChI=1S/C27H42F2N4O5/c1-30-16-23(24(34)18-7-4-3-5-8-18)32-26(35)33-11-6-9-19(17-33)25(38-12-10-31-27(36)37-2)20-13-21(28)15-22(29)14-20/h13-15,18-19,23-25,30,34H,3-12,16-17H2,1-2H3,(H,31,36)(H,32,35). The molecule has 1 heterocycles. The highest BCUT2D eigenvalue weighted by Crippen LogP contribution is 2.34.